The number of hydrogen-bond acceptors (Lipinski definition) is 16. The van der Waals surface area contributed by atoms with Crippen LogP contribution in [0.25, 0.3) is 0 Å². The molecule has 3 aliphatic rings. The van der Waals surface area contributed by atoms with Gasteiger partial charge in [0.1, 0.15) is 67.1 Å². The van der Waals surface area contributed by atoms with Crippen LogP contribution in [0.4, 0.5) is 0 Å². The lowest BCUT2D eigenvalue weighted by Gasteiger charge is -2.48. The predicted octanol–water partition coefficient (Wildman–Crippen LogP) is -7.18. The van der Waals surface area contributed by atoms with Gasteiger partial charge < -0.3 is 79.9 Å². The van der Waals surface area contributed by atoms with Crippen molar-refractivity contribution in [3.63, 3.8) is 0 Å². The summed E-state index contributed by atoms with van der Waals surface area (Å²) in [6, 6.07) is 0. The fraction of sp³-hybridized carbons (Fsp3) is 1.00. The van der Waals surface area contributed by atoms with Crippen LogP contribution in [0.2, 0.25) is 0 Å². The predicted molar refractivity (Wildman–Crippen MR) is 106 cm³/mol. The van der Waals surface area contributed by atoms with Gasteiger partial charge in [0.05, 0.1) is 19.3 Å². The van der Waals surface area contributed by atoms with E-state index in [0.29, 0.717) is 0 Å². The van der Waals surface area contributed by atoms with Gasteiger partial charge in [-0.05, 0) is 6.42 Å². The van der Waals surface area contributed by atoms with E-state index in [0.717, 1.165) is 0 Å². The molecule has 0 aromatic carbocycles. The molecule has 16 nitrogen and oxygen atoms in total. The summed E-state index contributed by atoms with van der Waals surface area (Å²) in [4.78, 5) is 0. The van der Waals surface area contributed by atoms with Crippen LogP contribution < -0.4 is 0 Å². The quantitative estimate of drug-likeness (QED) is 0.142. The Morgan fingerprint density at radius 3 is 1.37 bits per heavy atom. The Bertz CT molecular complexity index is 652. The molecule has 3 aliphatic heterocycles. The molecular weight excluding hydrogens is 484 g/mol. The Morgan fingerprint density at radius 1 is 0.486 bits per heavy atom. The van der Waals surface area contributed by atoms with Crippen molar-refractivity contribution < 1.29 is 79.9 Å². The van der Waals surface area contributed by atoms with E-state index in [1.165, 1.54) is 0 Å². The van der Waals surface area contributed by atoms with Gasteiger partial charge in [-0.2, -0.15) is 0 Å². The zero-order valence-electron chi connectivity index (χ0n) is 18.4. The Hall–Kier alpha value is -0.640. The first-order valence-corrected chi connectivity index (χ1v) is 11.1. The van der Waals surface area contributed by atoms with Gasteiger partial charge in [0, 0.05) is 6.61 Å². The van der Waals surface area contributed by atoms with Gasteiger partial charge in [0.15, 0.2) is 18.9 Å². The SMILES string of the molecule is OCC[C@H]1O[C@@H](O)[C@H](O[C@@H]2O[C@H](CO)[C@@H](O)[C@H](O)[C@H]2O)[C@@H](O[C@@H]2O[C@H](CO)[C@@H](O)[C@H](O)[C@H]2O)[C@@H]1O. The van der Waals surface area contributed by atoms with Crippen molar-refractivity contribution in [1.29, 1.82) is 0 Å². The Balaban J connectivity index is 1.84. The topological polar surface area (TPSA) is 269 Å². The Labute approximate surface area is 199 Å². The fourth-order valence-electron chi connectivity index (χ4n) is 4.24. The molecule has 0 aliphatic carbocycles. The van der Waals surface area contributed by atoms with Crippen LogP contribution in [0.15, 0.2) is 0 Å². The zero-order valence-corrected chi connectivity index (χ0v) is 18.4. The molecule has 16 heteroatoms. The minimum absolute atomic E-state index is 0.167. The average molecular weight is 518 g/mol. The highest BCUT2D eigenvalue weighted by Crippen LogP contribution is 2.33. The van der Waals surface area contributed by atoms with Crippen LogP contribution in [0.3, 0.4) is 0 Å². The second kappa shape index (κ2) is 12.3. The maximum atomic E-state index is 10.8. The molecule has 11 N–H and O–H groups in total. The molecule has 3 saturated heterocycles. The summed E-state index contributed by atoms with van der Waals surface area (Å²) in [5, 5.41) is 110. The number of aliphatic hydroxyl groups is 11. The van der Waals surface area contributed by atoms with Gasteiger partial charge in [0.25, 0.3) is 0 Å². The maximum Gasteiger partial charge on any atom is 0.187 e. The van der Waals surface area contributed by atoms with E-state index >= 15 is 0 Å². The zero-order chi connectivity index (χ0) is 26.0. The summed E-state index contributed by atoms with van der Waals surface area (Å²) < 4.78 is 26.9. The van der Waals surface area contributed by atoms with Gasteiger partial charge in [0.2, 0.25) is 0 Å². The van der Waals surface area contributed by atoms with E-state index in [-0.39, 0.29) is 6.42 Å². The summed E-state index contributed by atoms with van der Waals surface area (Å²) in [7, 11) is 0. The molecule has 0 aromatic rings. The molecule has 3 rings (SSSR count). The fourth-order valence-corrected chi connectivity index (χ4v) is 4.24. The van der Waals surface area contributed by atoms with Gasteiger partial charge in [-0.25, -0.2) is 0 Å². The smallest absolute Gasteiger partial charge is 0.187 e. The van der Waals surface area contributed by atoms with Gasteiger partial charge in [-0.15, -0.1) is 0 Å². The molecule has 206 valence electrons. The molecule has 35 heavy (non-hydrogen) atoms. The molecule has 0 spiro atoms. The molecule has 0 amide bonds. The third-order valence-corrected chi connectivity index (χ3v) is 6.33. The molecule has 15 atom stereocenters. The maximum absolute atomic E-state index is 10.8. The lowest BCUT2D eigenvalue weighted by Crippen LogP contribution is -2.66. The van der Waals surface area contributed by atoms with Crippen LogP contribution in [-0.2, 0) is 23.7 Å². The van der Waals surface area contributed by atoms with Crippen molar-refractivity contribution in [2.45, 2.75) is 98.5 Å². The third kappa shape index (κ3) is 5.93. The summed E-state index contributed by atoms with van der Waals surface area (Å²) in [6.45, 7) is -1.98. The van der Waals surface area contributed by atoms with E-state index in [9.17, 15) is 56.2 Å². The van der Waals surface area contributed by atoms with Crippen LogP contribution in [0.1, 0.15) is 6.42 Å². The minimum Gasteiger partial charge on any atom is -0.396 e. The van der Waals surface area contributed by atoms with Gasteiger partial charge in [-0.1, -0.05) is 0 Å². The van der Waals surface area contributed by atoms with E-state index < -0.39 is 112 Å². The summed E-state index contributed by atoms with van der Waals surface area (Å²) in [5.41, 5.74) is 0. The first-order chi connectivity index (χ1) is 16.5. The highest BCUT2D eigenvalue weighted by atomic mass is 16.8. The molecular formula is C19H34O16. The standard InChI is InChI=1S/C19H34O16/c20-2-1-5-10(25)15(34-18-13(28)11(26)8(23)6(3-21)32-18)16(17(30)31-5)35-19-14(29)12(27)9(24)7(4-22)33-19/h5-30H,1-4H2/t5-,6-,7-,8-,9-,10-,11+,12+,13-,14-,15+,16-,17-,18+,19+/m1/s1. The van der Waals surface area contributed by atoms with Crippen molar-refractivity contribution in [3.05, 3.63) is 0 Å². The average Bonchev–Trinajstić information content (AvgIpc) is 2.84. The highest BCUT2D eigenvalue weighted by molar-refractivity contribution is 4.96. The lowest BCUT2D eigenvalue weighted by molar-refractivity contribution is -0.387. The molecule has 3 heterocycles. The van der Waals surface area contributed by atoms with E-state index in [2.05, 4.69) is 0 Å². The van der Waals surface area contributed by atoms with E-state index in [4.69, 9.17) is 23.7 Å². The normalized spacial score (nSPS) is 51.3. The van der Waals surface area contributed by atoms with Crippen LogP contribution in [0, 0.1) is 0 Å². The van der Waals surface area contributed by atoms with Crippen molar-refractivity contribution in [2.24, 2.45) is 0 Å². The second-order valence-corrected chi connectivity index (χ2v) is 8.66. The first-order valence-electron chi connectivity index (χ1n) is 11.1. The molecule has 0 bridgehead atoms. The van der Waals surface area contributed by atoms with Crippen LogP contribution >= 0.6 is 0 Å². The number of rotatable bonds is 8. The second-order valence-electron chi connectivity index (χ2n) is 8.66. The molecule has 3 fully saturated rings. The number of aliphatic hydroxyl groups excluding tert-OH is 11. The minimum atomic E-state index is -1.89. The Kier molecular flexibility index (Phi) is 10.1. The molecule has 0 radical (unpaired) electrons. The molecule has 0 aromatic heterocycles. The van der Waals surface area contributed by atoms with Crippen molar-refractivity contribution in [2.75, 3.05) is 19.8 Å². The Morgan fingerprint density at radius 2 is 0.943 bits per heavy atom. The summed E-state index contributed by atoms with van der Waals surface area (Å²) in [6.07, 6.45) is -25.3. The number of ether oxygens (including phenoxy) is 5. The first kappa shape index (κ1) is 28.9. The van der Waals surface area contributed by atoms with E-state index in [1.54, 1.807) is 0 Å². The molecule has 0 unspecified atom stereocenters. The lowest BCUT2D eigenvalue weighted by atomic mass is 9.95. The molecule has 0 saturated carbocycles. The van der Waals surface area contributed by atoms with Crippen molar-refractivity contribution in [1.82, 2.24) is 0 Å². The van der Waals surface area contributed by atoms with E-state index in [1.807, 2.05) is 0 Å². The monoisotopic (exact) mass is 518 g/mol. The van der Waals surface area contributed by atoms with Crippen molar-refractivity contribution in [3.8, 4) is 0 Å². The van der Waals surface area contributed by atoms with Crippen molar-refractivity contribution >= 4 is 0 Å². The van der Waals surface area contributed by atoms with Crippen LogP contribution in [0.5, 0.6) is 0 Å². The van der Waals surface area contributed by atoms with Crippen LogP contribution in [-0.4, -0.2) is 168 Å². The third-order valence-electron chi connectivity index (χ3n) is 6.33. The van der Waals surface area contributed by atoms with Gasteiger partial charge >= 0.3 is 0 Å². The summed E-state index contributed by atoms with van der Waals surface area (Å²) in [5.74, 6) is 0. The highest BCUT2D eigenvalue weighted by Gasteiger charge is 2.53. The number of hydrogen-bond donors (Lipinski definition) is 11. The largest absolute Gasteiger partial charge is 0.396 e. The van der Waals surface area contributed by atoms with Gasteiger partial charge in [-0.3, -0.25) is 0 Å². The summed E-state index contributed by atoms with van der Waals surface area (Å²) >= 11 is 0.